The molecule has 3 aliphatic rings. The second-order valence-electron chi connectivity index (χ2n) is 10.5. The summed E-state index contributed by atoms with van der Waals surface area (Å²) in [6, 6.07) is 42.5. The fourth-order valence-electron chi connectivity index (χ4n) is 6.74. The lowest BCUT2D eigenvalue weighted by atomic mass is 9.96. The standard InChI is InChI=1S/C36H24N2S/c1-3-9-23(10-4-1)25-17-19-29-28(21-25)27-13-7-14-31-35(27)37(29)32-15-8-16-33-36(32)38(31)30-20-18-26(22-34(30)39-33)24-11-5-2-6-12-24/h1-22,33,36H. The van der Waals surface area contributed by atoms with Gasteiger partial charge in [0.2, 0.25) is 0 Å². The van der Waals surface area contributed by atoms with Crippen LogP contribution in [0.3, 0.4) is 0 Å². The molecule has 3 heterocycles. The van der Waals surface area contributed by atoms with Gasteiger partial charge in [-0.1, -0.05) is 97.1 Å². The molecule has 6 aromatic rings. The quantitative estimate of drug-likeness (QED) is 0.226. The van der Waals surface area contributed by atoms with Gasteiger partial charge in [-0.15, -0.1) is 11.8 Å². The Labute approximate surface area is 231 Å². The van der Waals surface area contributed by atoms with E-state index in [0.29, 0.717) is 5.25 Å². The van der Waals surface area contributed by atoms with E-state index in [4.69, 9.17) is 0 Å². The van der Waals surface area contributed by atoms with Crippen molar-refractivity contribution in [2.75, 3.05) is 4.90 Å². The normalized spacial score (nSPS) is 18.7. The number of nitrogens with zero attached hydrogens (tertiary/aromatic N) is 2. The molecule has 5 aromatic carbocycles. The number of rotatable bonds is 2. The average molecular weight is 517 g/mol. The van der Waals surface area contributed by atoms with Gasteiger partial charge in [0.15, 0.2) is 0 Å². The van der Waals surface area contributed by atoms with Gasteiger partial charge in [0.1, 0.15) is 0 Å². The summed E-state index contributed by atoms with van der Waals surface area (Å²) in [5, 5.41) is 2.96. The monoisotopic (exact) mass is 516 g/mol. The lowest BCUT2D eigenvalue weighted by molar-refractivity contribution is 0.753. The van der Waals surface area contributed by atoms with Crippen LogP contribution in [0, 0.1) is 0 Å². The van der Waals surface area contributed by atoms with E-state index in [2.05, 4.69) is 143 Å². The van der Waals surface area contributed by atoms with E-state index in [1.54, 1.807) is 0 Å². The first kappa shape index (κ1) is 21.5. The van der Waals surface area contributed by atoms with Gasteiger partial charge < -0.3 is 9.47 Å². The zero-order valence-corrected chi connectivity index (χ0v) is 22.0. The van der Waals surface area contributed by atoms with E-state index >= 15 is 0 Å². The van der Waals surface area contributed by atoms with Gasteiger partial charge >= 0.3 is 0 Å². The molecule has 0 fully saturated rings. The van der Waals surface area contributed by atoms with E-state index in [9.17, 15) is 0 Å². The molecule has 0 amide bonds. The molecular weight excluding hydrogens is 492 g/mol. The summed E-state index contributed by atoms with van der Waals surface area (Å²) in [7, 11) is 0. The summed E-state index contributed by atoms with van der Waals surface area (Å²) in [5.41, 5.74) is 11.6. The second-order valence-corrected chi connectivity index (χ2v) is 11.7. The Morgan fingerprint density at radius 3 is 2.13 bits per heavy atom. The van der Waals surface area contributed by atoms with Gasteiger partial charge in [-0.2, -0.15) is 0 Å². The van der Waals surface area contributed by atoms with Crippen LogP contribution < -0.4 is 4.90 Å². The van der Waals surface area contributed by atoms with Gasteiger partial charge in [0.05, 0.1) is 33.7 Å². The van der Waals surface area contributed by atoms with Crippen molar-refractivity contribution in [3.63, 3.8) is 0 Å². The molecule has 39 heavy (non-hydrogen) atoms. The second kappa shape index (κ2) is 8.02. The van der Waals surface area contributed by atoms with E-state index in [0.717, 1.165) is 0 Å². The third kappa shape index (κ3) is 2.99. The summed E-state index contributed by atoms with van der Waals surface area (Å²) in [6.07, 6.45) is 6.98. The summed E-state index contributed by atoms with van der Waals surface area (Å²) in [5.74, 6) is 0. The lowest BCUT2D eigenvalue weighted by Gasteiger charge is -2.47. The maximum atomic E-state index is 2.61. The van der Waals surface area contributed by atoms with Crippen LogP contribution in [0.4, 0.5) is 11.4 Å². The van der Waals surface area contributed by atoms with Crippen LogP contribution in [0.5, 0.6) is 0 Å². The number of aromatic nitrogens is 1. The SMILES string of the molecule is C1=CC2Sc3cc(-c4ccccc4)ccc3N3c4cccc5c6cc(-c7ccccc7)ccc6n(c45)C(=C1)C23. The minimum absolute atomic E-state index is 0.248. The molecule has 3 heteroatoms. The van der Waals surface area contributed by atoms with Crippen molar-refractivity contribution in [2.24, 2.45) is 0 Å². The Bertz CT molecular complexity index is 2000. The van der Waals surface area contributed by atoms with Crippen molar-refractivity contribution in [2.45, 2.75) is 16.2 Å². The van der Waals surface area contributed by atoms with E-state index < -0.39 is 0 Å². The molecule has 0 bridgehead atoms. The van der Waals surface area contributed by atoms with Crippen LogP contribution in [0.15, 0.2) is 138 Å². The number of hydrogen-bond donors (Lipinski definition) is 0. The molecular formula is C36H24N2S. The van der Waals surface area contributed by atoms with Gasteiger partial charge in [-0.25, -0.2) is 0 Å². The zero-order valence-electron chi connectivity index (χ0n) is 21.2. The average Bonchev–Trinajstić information content (AvgIpc) is 3.34. The van der Waals surface area contributed by atoms with Gasteiger partial charge in [-0.05, 0) is 58.7 Å². The zero-order chi connectivity index (χ0) is 25.5. The third-order valence-electron chi connectivity index (χ3n) is 8.44. The van der Waals surface area contributed by atoms with Crippen molar-refractivity contribution < 1.29 is 0 Å². The van der Waals surface area contributed by atoms with Crippen LogP contribution in [0.25, 0.3) is 49.8 Å². The van der Waals surface area contributed by atoms with Gasteiger partial charge in [-0.3, -0.25) is 0 Å². The number of fused-ring (bicyclic) bond motifs is 7. The van der Waals surface area contributed by atoms with Crippen LogP contribution in [0.2, 0.25) is 0 Å². The molecule has 1 aliphatic carbocycles. The smallest absolute Gasteiger partial charge is 0.0904 e. The van der Waals surface area contributed by atoms with Crippen molar-refractivity contribution >= 4 is 50.6 Å². The third-order valence-corrected chi connectivity index (χ3v) is 9.71. The molecule has 2 unspecified atom stereocenters. The summed E-state index contributed by atoms with van der Waals surface area (Å²) in [6.45, 7) is 0. The lowest BCUT2D eigenvalue weighted by Crippen LogP contribution is -2.46. The summed E-state index contributed by atoms with van der Waals surface area (Å²) < 4.78 is 2.54. The molecule has 0 radical (unpaired) electrons. The molecule has 2 aliphatic heterocycles. The fraction of sp³-hybridized carbons (Fsp3) is 0.0556. The van der Waals surface area contributed by atoms with Crippen LogP contribution in [-0.4, -0.2) is 15.9 Å². The maximum Gasteiger partial charge on any atom is 0.0904 e. The maximum absolute atomic E-state index is 2.61. The highest BCUT2D eigenvalue weighted by atomic mass is 32.2. The van der Waals surface area contributed by atoms with Gasteiger partial charge in [0, 0.05) is 21.4 Å². The van der Waals surface area contributed by atoms with Crippen molar-refractivity contribution in [1.29, 1.82) is 0 Å². The summed E-state index contributed by atoms with van der Waals surface area (Å²) in [4.78, 5) is 3.95. The topological polar surface area (TPSA) is 8.17 Å². The molecule has 2 nitrogen and oxygen atoms in total. The molecule has 0 N–H and O–H groups in total. The predicted octanol–water partition coefficient (Wildman–Crippen LogP) is 9.53. The molecule has 0 saturated carbocycles. The molecule has 0 spiro atoms. The number of hydrogen-bond acceptors (Lipinski definition) is 2. The molecule has 184 valence electrons. The number of para-hydroxylation sites is 1. The first-order valence-corrected chi connectivity index (χ1v) is 14.4. The van der Waals surface area contributed by atoms with Crippen molar-refractivity contribution in [3.05, 3.63) is 133 Å². The summed E-state index contributed by atoms with van der Waals surface area (Å²) >= 11 is 2.00. The molecule has 1 aromatic heterocycles. The Kier molecular flexibility index (Phi) is 4.41. The minimum atomic E-state index is 0.248. The minimum Gasteiger partial charge on any atom is -0.328 e. The van der Waals surface area contributed by atoms with Crippen LogP contribution in [0.1, 0.15) is 0 Å². The van der Waals surface area contributed by atoms with E-state index in [-0.39, 0.29) is 6.04 Å². The van der Waals surface area contributed by atoms with Gasteiger partial charge in [0.25, 0.3) is 0 Å². The largest absolute Gasteiger partial charge is 0.328 e. The highest BCUT2D eigenvalue weighted by Crippen LogP contribution is 2.55. The number of benzene rings is 5. The molecule has 2 atom stereocenters. The first-order chi connectivity index (χ1) is 19.3. The highest BCUT2D eigenvalue weighted by Gasteiger charge is 2.43. The van der Waals surface area contributed by atoms with Crippen LogP contribution >= 0.6 is 11.8 Å². The van der Waals surface area contributed by atoms with Crippen molar-refractivity contribution in [3.8, 4) is 22.3 Å². The number of allylic oxidation sites excluding steroid dienone is 2. The first-order valence-electron chi connectivity index (χ1n) is 13.5. The Morgan fingerprint density at radius 2 is 1.33 bits per heavy atom. The highest BCUT2D eigenvalue weighted by molar-refractivity contribution is 8.00. The van der Waals surface area contributed by atoms with Crippen molar-refractivity contribution in [1.82, 2.24) is 4.57 Å². The van der Waals surface area contributed by atoms with E-state index in [1.165, 1.54) is 66.0 Å². The Balaban J connectivity index is 1.30. The Hall–Kier alpha value is -4.47. The van der Waals surface area contributed by atoms with Crippen LogP contribution in [-0.2, 0) is 0 Å². The fourth-order valence-corrected chi connectivity index (χ4v) is 8.08. The predicted molar refractivity (Wildman–Crippen MR) is 166 cm³/mol. The molecule has 9 rings (SSSR count). The Morgan fingerprint density at radius 1 is 0.590 bits per heavy atom. The number of anilines is 2. The number of thioether (sulfide) groups is 1. The van der Waals surface area contributed by atoms with E-state index in [1.807, 2.05) is 11.8 Å². The molecule has 0 saturated heterocycles.